The van der Waals surface area contributed by atoms with Crippen LogP contribution in [0, 0.1) is 0 Å². The maximum Gasteiger partial charge on any atom is 0.220 e. The van der Waals surface area contributed by atoms with Crippen LogP contribution in [-0.2, 0) is 4.79 Å². The third-order valence-electron chi connectivity index (χ3n) is 12.0. The lowest BCUT2D eigenvalue weighted by molar-refractivity contribution is -0.124. The molecule has 0 bridgehead atoms. The van der Waals surface area contributed by atoms with E-state index in [0.717, 1.165) is 44.9 Å². The molecule has 0 aromatic rings. The number of amides is 1. The zero-order chi connectivity index (χ0) is 42.3. The molecule has 0 spiro atoms. The molecule has 0 saturated heterocycles. The lowest BCUT2D eigenvalue weighted by Crippen LogP contribution is -2.50. The van der Waals surface area contributed by atoms with Crippen LogP contribution in [-0.4, -0.2) is 46.1 Å². The number of allylic oxidation sites excluding steroid dienone is 6. The fourth-order valence-electron chi connectivity index (χ4n) is 7.96. The Morgan fingerprint density at radius 1 is 0.431 bits per heavy atom. The van der Waals surface area contributed by atoms with Crippen LogP contribution >= 0.6 is 0 Å². The monoisotopic (exact) mass is 816 g/mol. The Balaban J connectivity index is 3.49. The van der Waals surface area contributed by atoms with Gasteiger partial charge >= 0.3 is 0 Å². The van der Waals surface area contributed by atoms with Crippen LogP contribution in [0.1, 0.15) is 271 Å². The highest BCUT2D eigenvalue weighted by Crippen LogP contribution is 2.16. The Morgan fingerprint density at radius 2 is 0.741 bits per heavy atom. The van der Waals surface area contributed by atoms with Crippen LogP contribution in [0.3, 0.4) is 0 Å². The quantitative estimate of drug-likeness (QED) is 0.0364. The van der Waals surface area contributed by atoms with Crippen molar-refractivity contribution in [2.45, 2.75) is 289 Å². The normalized spacial score (nSPS) is 13.7. The second-order valence-corrected chi connectivity index (χ2v) is 17.7. The maximum atomic E-state index is 12.4. The molecule has 0 aromatic carbocycles. The summed E-state index contributed by atoms with van der Waals surface area (Å²) in [5.41, 5.74) is 0. The van der Waals surface area contributed by atoms with E-state index < -0.39 is 18.2 Å². The van der Waals surface area contributed by atoms with E-state index in [1.54, 1.807) is 0 Å². The van der Waals surface area contributed by atoms with Crippen LogP contribution in [0.5, 0.6) is 0 Å². The van der Waals surface area contributed by atoms with Crippen LogP contribution in [0.15, 0.2) is 36.5 Å². The minimum atomic E-state index is -1.16. The highest BCUT2D eigenvalue weighted by Gasteiger charge is 2.26. The van der Waals surface area contributed by atoms with Crippen molar-refractivity contribution in [3.05, 3.63) is 36.5 Å². The summed E-state index contributed by atoms with van der Waals surface area (Å²) in [6, 6.07) is -0.824. The lowest BCUT2D eigenvalue weighted by atomic mass is 10.0. The number of aliphatic hydroxyl groups is 3. The van der Waals surface area contributed by atoms with Crippen molar-refractivity contribution >= 4 is 5.91 Å². The number of nitrogens with one attached hydrogen (secondary N) is 1. The van der Waals surface area contributed by atoms with Crippen molar-refractivity contribution in [2.75, 3.05) is 6.61 Å². The van der Waals surface area contributed by atoms with Gasteiger partial charge in [-0.2, -0.15) is 0 Å². The summed E-state index contributed by atoms with van der Waals surface area (Å²) in [7, 11) is 0. The van der Waals surface area contributed by atoms with Crippen LogP contribution in [0.2, 0.25) is 0 Å². The van der Waals surface area contributed by atoms with E-state index in [1.807, 2.05) is 0 Å². The summed E-state index contributed by atoms with van der Waals surface area (Å²) >= 11 is 0. The van der Waals surface area contributed by atoms with Gasteiger partial charge in [-0.05, 0) is 70.6 Å². The molecule has 0 aliphatic heterocycles. The van der Waals surface area contributed by atoms with Crippen LogP contribution in [0.25, 0.3) is 0 Å². The lowest BCUT2D eigenvalue weighted by Gasteiger charge is -2.26. The number of carbonyl (C=O) groups is 1. The third kappa shape index (κ3) is 42.7. The predicted molar refractivity (Wildman–Crippen MR) is 254 cm³/mol. The first-order chi connectivity index (χ1) is 28.6. The summed E-state index contributed by atoms with van der Waals surface area (Å²) in [6.07, 6.45) is 61.6. The van der Waals surface area contributed by atoms with Gasteiger partial charge in [-0.25, -0.2) is 0 Å². The summed E-state index contributed by atoms with van der Waals surface area (Å²) in [6.45, 7) is 4.16. The van der Waals surface area contributed by atoms with Crippen molar-refractivity contribution in [2.24, 2.45) is 0 Å². The third-order valence-corrected chi connectivity index (χ3v) is 12.0. The average Bonchev–Trinajstić information content (AvgIpc) is 3.23. The molecule has 1 amide bonds. The molecular weight excluding hydrogens is 715 g/mol. The smallest absolute Gasteiger partial charge is 0.220 e. The van der Waals surface area contributed by atoms with E-state index >= 15 is 0 Å². The Hall–Kier alpha value is -1.43. The van der Waals surface area contributed by atoms with Gasteiger partial charge in [-0.3, -0.25) is 4.79 Å². The Kier molecular flexibility index (Phi) is 47.0. The molecule has 0 radical (unpaired) electrons. The average molecular weight is 816 g/mol. The molecule has 4 N–H and O–H groups in total. The molecule has 0 fully saturated rings. The van der Waals surface area contributed by atoms with E-state index in [9.17, 15) is 20.1 Å². The zero-order valence-electron chi connectivity index (χ0n) is 38.9. The first-order valence-electron chi connectivity index (χ1n) is 25.8. The van der Waals surface area contributed by atoms with Crippen molar-refractivity contribution in [3.8, 4) is 0 Å². The molecule has 0 saturated carbocycles. The molecule has 0 aliphatic rings. The van der Waals surface area contributed by atoms with E-state index in [4.69, 9.17) is 0 Å². The van der Waals surface area contributed by atoms with Crippen molar-refractivity contribution in [1.29, 1.82) is 0 Å². The summed E-state index contributed by atoms with van der Waals surface area (Å²) in [5, 5.41) is 33.5. The SMILES string of the molecule is CCCCCCCC/C=C/CCCC(O)C(O)C(CO)NC(=O)CCCCCCCCCCCCCCCCCCC/C=C\C/C=C\CCCCCCCCCCC. The fraction of sp³-hybridized carbons (Fsp3) is 0.868. The van der Waals surface area contributed by atoms with E-state index in [1.165, 1.54) is 199 Å². The molecule has 342 valence electrons. The molecule has 5 heteroatoms. The predicted octanol–water partition coefficient (Wildman–Crippen LogP) is 15.5. The van der Waals surface area contributed by atoms with Crippen molar-refractivity contribution in [3.63, 3.8) is 0 Å². The Labute approximate surface area is 362 Å². The van der Waals surface area contributed by atoms with Gasteiger partial charge in [-0.1, -0.05) is 230 Å². The number of hydrogen-bond acceptors (Lipinski definition) is 4. The number of carbonyl (C=O) groups excluding carboxylic acids is 1. The van der Waals surface area contributed by atoms with Crippen LogP contribution < -0.4 is 5.32 Å². The minimum Gasteiger partial charge on any atom is -0.394 e. The molecule has 0 heterocycles. The topological polar surface area (TPSA) is 89.8 Å². The molecule has 3 unspecified atom stereocenters. The number of hydrogen-bond donors (Lipinski definition) is 4. The molecule has 58 heavy (non-hydrogen) atoms. The van der Waals surface area contributed by atoms with Gasteiger partial charge in [-0.15, -0.1) is 0 Å². The molecule has 0 aliphatic carbocycles. The van der Waals surface area contributed by atoms with E-state index in [0.29, 0.717) is 12.8 Å². The standard InChI is InChI=1S/C53H101NO4/c1-3-5-7-9-11-13-15-16-17-18-19-20-21-22-23-24-25-26-27-28-29-30-31-32-33-34-35-36-38-40-42-44-46-48-52(57)54-50(49-55)53(58)51(56)47-45-43-41-39-37-14-12-10-8-6-4-2/h19-20,22-23,39,41,50-51,53,55-56,58H,3-18,21,24-38,40,42-49H2,1-2H3,(H,54,57)/b20-19-,23-22-,41-39+. The molecule has 5 nitrogen and oxygen atoms in total. The number of aliphatic hydroxyl groups excluding tert-OH is 3. The number of rotatable bonds is 47. The molecule has 0 aromatic heterocycles. The summed E-state index contributed by atoms with van der Waals surface area (Å²) < 4.78 is 0. The van der Waals surface area contributed by atoms with Crippen molar-refractivity contribution in [1.82, 2.24) is 5.32 Å². The van der Waals surface area contributed by atoms with Gasteiger partial charge in [0.25, 0.3) is 0 Å². The van der Waals surface area contributed by atoms with Gasteiger partial charge < -0.3 is 20.6 Å². The Bertz CT molecular complexity index is 901. The first-order valence-corrected chi connectivity index (χ1v) is 25.8. The van der Waals surface area contributed by atoms with Gasteiger partial charge in [0.05, 0.1) is 18.8 Å². The maximum absolute atomic E-state index is 12.4. The highest BCUT2D eigenvalue weighted by molar-refractivity contribution is 5.76. The van der Waals surface area contributed by atoms with E-state index in [2.05, 4.69) is 55.6 Å². The second kappa shape index (κ2) is 48.2. The van der Waals surface area contributed by atoms with Gasteiger partial charge in [0.15, 0.2) is 0 Å². The van der Waals surface area contributed by atoms with Gasteiger partial charge in [0.2, 0.25) is 5.91 Å². The summed E-state index contributed by atoms with van der Waals surface area (Å²) in [5.74, 6) is -0.153. The molecule has 3 atom stereocenters. The van der Waals surface area contributed by atoms with Gasteiger partial charge in [0.1, 0.15) is 6.10 Å². The second-order valence-electron chi connectivity index (χ2n) is 17.7. The fourth-order valence-corrected chi connectivity index (χ4v) is 7.96. The first kappa shape index (κ1) is 56.6. The number of unbranched alkanes of at least 4 members (excludes halogenated alkanes) is 33. The minimum absolute atomic E-state index is 0.153. The highest BCUT2D eigenvalue weighted by atomic mass is 16.3. The Morgan fingerprint density at radius 3 is 1.10 bits per heavy atom. The van der Waals surface area contributed by atoms with E-state index in [-0.39, 0.29) is 12.5 Å². The van der Waals surface area contributed by atoms with Crippen LogP contribution in [0.4, 0.5) is 0 Å². The summed E-state index contributed by atoms with van der Waals surface area (Å²) in [4.78, 5) is 12.4. The van der Waals surface area contributed by atoms with Crippen molar-refractivity contribution < 1.29 is 20.1 Å². The molecular formula is C53H101NO4. The zero-order valence-corrected chi connectivity index (χ0v) is 38.9. The molecule has 0 rings (SSSR count). The van der Waals surface area contributed by atoms with Gasteiger partial charge in [0, 0.05) is 6.42 Å². The largest absolute Gasteiger partial charge is 0.394 e.